The highest BCUT2D eigenvalue weighted by atomic mass is 127. The number of hydrogen-bond donors (Lipinski definition) is 1. The van der Waals surface area contributed by atoms with Crippen molar-refractivity contribution in [3.05, 3.63) is 44.0 Å². The summed E-state index contributed by atoms with van der Waals surface area (Å²) in [6.45, 7) is 6.56. The molecule has 108 valence electrons. The maximum atomic E-state index is 4.34. The summed E-state index contributed by atoms with van der Waals surface area (Å²) in [6, 6.07) is 8.95. The molecule has 0 aliphatic rings. The van der Waals surface area contributed by atoms with Crippen LogP contribution in [-0.2, 0) is 11.8 Å². The lowest BCUT2D eigenvalue weighted by Gasteiger charge is -2.21. The molecule has 0 saturated heterocycles. The van der Waals surface area contributed by atoms with E-state index in [0.717, 1.165) is 12.1 Å². The van der Waals surface area contributed by atoms with E-state index in [-0.39, 0.29) is 11.5 Å². The predicted octanol–water partition coefficient (Wildman–Crippen LogP) is 3.94. The Labute approximate surface area is 138 Å². The third kappa shape index (κ3) is 3.77. The molecule has 5 heteroatoms. The number of nitrogens with zero attached hydrogens (tertiary/aromatic N) is 2. The van der Waals surface area contributed by atoms with E-state index in [1.165, 1.54) is 25.5 Å². The van der Waals surface area contributed by atoms with E-state index in [1.807, 2.05) is 7.05 Å². The van der Waals surface area contributed by atoms with Crippen molar-refractivity contribution in [3.8, 4) is 0 Å². The van der Waals surface area contributed by atoms with Crippen LogP contribution >= 0.6 is 34.1 Å². The molecule has 3 nitrogen and oxygen atoms in total. The molecule has 2 rings (SSSR count). The molecule has 1 atom stereocenters. The first-order valence-electron chi connectivity index (χ1n) is 6.66. The Bertz CT molecular complexity index is 557. The van der Waals surface area contributed by atoms with Crippen LogP contribution in [0, 0.1) is 3.57 Å². The molecule has 0 amide bonds. The summed E-state index contributed by atoms with van der Waals surface area (Å²) in [5.41, 5.74) is 2.47. The van der Waals surface area contributed by atoms with Gasteiger partial charge in [0.25, 0.3) is 0 Å². The van der Waals surface area contributed by atoms with Gasteiger partial charge >= 0.3 is 0 Å². The van der Waals surface area contributed by atoms with Gasteiger partial charge in [-0.2, -0.15) is 0 Å². The third-order valence-corrected chi connectivity index (χ3v) is 4.80. The highest BCUT2D eigenvalue weighted by molar-refractivity contribution is 14.1. The molecule has 20 heavy (non-hydrogen) atoms. The summed E-state index contributed by atoms with van der Waals surface area (Å²) in [5.74, 6) is 0. The molecule has 0 radical (unpaired) electrons. The number of likely N-dealkylation sites (N-methyl/N-ethyl adjacent to an activating group) is 1. The van der Waals surface area contributed by atoms with Gasteiger partial charge in [0.2, 0.25) is 0 Å². The lowest BCUT2D eigenvalue weighted by Crippen LogP contribution is -2.23. The lowest BCUT2D eigenvalue weighted by molar-refractivity contribution is 0.530. The van der Waals surface area contributed by atoms with Crippen molar-refractivity contribution < 1.29 is 0 Å². The van der Waals surface area contributed by atoms with Crippen LogP contribution in [-0.4, -0.2) is 16.6 Å². The first-order chi connectivity index (χ1) is 9.41. The van der Waals surface area contributed by atoms with Gasteiger partial charge in [0.05, 0.1) is 10.6 Å². The molecule has 0 aliphatic carbocycles. The predicted molar refractivity (Wildman–Crippen MR) is 93.3 cm³/mol. The molecule has 1 aromatic carbocycles. The Balaban J connectivity index is 2.25. The van der Waals surface area contributed by atoms with Gasteiger partial charge in [0.1, 0.15) is 0 Å². The van der Waals surface area contributed by atoms with Crippen LogP contribution in [0.25, 0.3) is 0 Å². The topological polar surface area (TPSA) is 37.8 Å². The normalized spacial score (nSPS) is 13.4. The molecule has 0 saturated carbocycles. The van der Waals surface area contributed by atoms with Crippen molar-refractivity contribution in [1.82, 2.24) is 14.9 Å². The molecular weight excluding hydrogens is 381 g/mol. The Morgan fingerprint density at radius 2 is 1.90 bits per heavy atom. The molecule has 0 aliphatic heterocycles. The molecule has 2 aromatic rings. The quantitative estimate of drug-likeness (QED) is 0.789. The van der Waals surface area contributed by atoms with Crippen LogP contribution in [0.2, 0.25) is 0 Å². The average molecular weight is 401 g/mol. The Morgan fingerprint density at radius 3 is 2.45 bits per heavy atom. The maximum absolute atomic E-state index is 4.34. The standard InChI is InChI=1S/C15H20IN3S/c1-15(2,3)14-13(20-19-18-14)12(17-4)9-10-5-7-11(16)8-6-10/h5-8,12,17H,9H2,1-4H3. The molecule has 0 bridgehead atoms. The van der Waals surface area contributed by atoms with E-state index in [9.17, 15) is 0 Å². The molecule has 1 aromatic heterocycles. The molecule has 1 N–H and O–H groups in total. The number of nitrogens with one attached hydrogen (secondary N) is 1. The van der Waals surface area contributed by atoms with Crippen LogP contribution in [0.3, 0.4) is 0 Å². The van der Waals surface area contributed by atoms with Crippen LogP contribution in [0.5, 0.6) is 0 Å². The van der Waals surface area contributed by atoms with Crippen LogP contribution < -0.4 is 5.32 Å². The second-order valence-electron chi connectivity index (χ2n) is 5.91. The van der Waals surface area contributed by atoms with E-state index < -0.39 is 0 Å². The van der Waals surface area contributed by atoms with E-state index in [4.69, 9.17) is 0 Å². The summed E-state index contributed by atoms with van der Waals surface area (Å²) < 4.78 is 5.43. The average Bonchev–Trinajstić information content (AvgIpc) is 2.87. The van der Waals surface area contributed by atoms with Crippen LogP contribution in [0.1, 0.15) is 42.9 Å². The van der Waals surface area contributed by atoms with E-state index in [0.29, 0.717) is 0 Å². The minimum atomic E-state index is 0.0312. The summed E-state index contributed by atoms with van der Waals surface area (Å²) in [7, 11) is 2.00. The SMILES string of the molecule is CNC(Cc1ccc(I)cc1)c1snnc1C(C)(C)C. The minimum absolute atomic E-state index is 0.0312. The largest absolute Gasteiger partial charge is 0.312 e. The molecule has 1 heterocycles. The van der Waals surface area contributed by atoms with Crippen molar-refractivity contribution in [3.63, 3.8) is 0 Å². The van der Waals surface area contributed by atoms with E-state index in [1.54, 1.807) is 0 Å². The van der Waals surface area contributed by atoms with E-state index >= 15 is 0 Å². The zero-order valence-corrected chi connectivity index (χ0v) is 15.2. The highest BCUT2D eigenvalue weighted by Crippen LogP contribution is 2.31. The van der Waals surface area contributed by atoms with Crippen LogP contribution in [0.15, 0.2) is 24.3 Å². The smallest absolute Gasteiger partial charge is 0.0857 e. The van der Waals surface area contributed by atoms with Gasteiger partial charge in [-0.05, 0) is 65.3 Å². The van der Waals surface area contributed by atoms with E-state index in [2.05, 4.69) is 82.5 Å². The number of rotatable bonds is 4. The van der Waals surface area contributed by atoms with Gasteiger partial charge in [0.15, 0.2) is 0 Å². The summed E-state index contributed by atoms with van der Waals surface area (Å²) in [4.78, 5) is 1.25. The van der Waals surface area contributed by atoms with Crippen molar-refractivity contribution in [2.45, 2.75) is 38.6 Å². The van der Waals surface area contributed by atoms with Crippen molar-refractivity contribution in [2.24, 2.45) is 0 Å². The van der Waals surface area contributed by atoms with Crippen LogP contribution in [0.4, 0.5) is 0 Å². The van der Waals surface area contributed by atoms with Gasteiger partial charge in [-0.25, -0.2) is 0 Å². The zero-order valence-electron chi connectivity index (χ0n) is 12.3. The highest BCUT2D eigenvalue weighted by Gasteiger charge is 2.26. The van der Waals surface area contributed by atoms with Gasteiger partial charge in [-0.3, -0.25) is 0 Å². The molecular formula is C15H20IN3S. The maximum Gasteiger partial charge on any atom is 0.0857 e. The monoisotopic (exact) mass is 401 g/mol. The molecule has 1 unspecified atom stereocenters. The lowest BCUT2D eigenvalue weighted by atomic mass is 9.89. The molecule has 0 spiro atoms. The second-order valence-corrected chi connectivity index (χ2v) is 7.94. The summed E-state index contributed by atoms with van der Waals surface area (Å²) >= 11 is 3.84. The van der Waals surface area contributed by atoms with Crippen molar-refractivity contribution in [1.29, 1.82) is 0 Å². The minimum Gasteiger partial charge on any atom is -0.312 e. The van der Waals surface area contributed by atoms with Gasteiger partial charge in [0, 0.05) is 15.0 Å². The zero-order chi connectivity index (χ0) is 14.8. The second kappa shape index (κ2) is 6.49. The van der Waals surface area contributed by atoms with Crippen molar-refractivity contribution in [2.75, 3.05) is 7.05 Å². The first-order valence-corrected chi connectivity index (χ1v) is 8.51. The summed E-state index contributed by atoms with van der Waals surface area (Å²) in [6.07, 6.45) is 0.959. The fraction of sp³-hybridized carbons (Fsp3) is 0.467. The number of hydrogen-bond acceptors (Lipinski definition) is 4. The van der Waals surface area contributed by atoms with Gasteiger partial charge in [-0.1, -0.05) is 37.4 Å². The Morgan fingerprint density at radius 1 is 1.25 bits per heavy atom. The molecule has 0 fully saturated rings. The number of aromatic nitrogens is 2. The summed E-state index contributed by atoms with van der Waals surface area (Å²) in [5, 5.41) is 7.75. The fourth-order valence-electron chi connectivity index (χ4n) is 2.13. The third-order valence-electron chi connectivity index (χ3n) is 3.24. The number of benzene rings is 1. The van der Waals surface area contributed by atoms with Crippen molar-refractivity contribution >= 4 is 34.1 Å². The first kappa shape index (κ1) is 15.9. The van der Waals surface area contributed by atoms with Gasteiger partial charge < -0.3 is 5.32 Å². The fourth-order valence-corrected chi connectivity index (χ4v) is 3.46. The van der Waals surface area contributed by atoms with Gasteiger partial charge in [-0.15, -0.1) is 5.10 Å². The Hall–Kier alpha value is -0.530. The number of halogens is 1. The Kier molecular flexibility index (Phi) is 5.14.